The lowest BCUT2D eigenvalue weighted by molar-refractivity contribution is 0.172. The van der Waals surface area contributed by atoms with E-state index in [1.807, 2.05) is 42.5 Å². The first-order chi connectivity index (χ1) is 13.1. The Balaban J connectivity index is 1.87. The number of guanidine groups is 1. The van der Waals surface area contributed by atoms with Crippen molar-refractivity contribution < 1.29 is 9.47 Å². The van der Waals surface area contributed by atoms with E-state index in [2.05, 4.69) is 28.6 Å². The van der Waals surface area contributed by atoms with E-state index in [1.54, 1.807) is 14.2 Å². The molecule has 1 unspecified atom stereocenters. The van der Waals surface area contributed by atoms with Crippen LogP contribution in [0.25, 0.3) is 0 Å². The Labute approximate surface area is 166 Å². The number of aliphatic imine (C=N–C) groups is 1. The van der Waals surface area contributed by atoms with Crippen molar-refractivity contribution in [3.8, 4) is 5.75 Å². The van der Waals surface area contributed by atoms with E-state index >= 15 is 0 Å². The highest BCUT2D eigenvalue weighted by Gasteiger charge is 2.10. The van der Waals surface area contributed by atoms with Gasteiger partial charge in [-0.15, -0.1) is 0 Å². The highest BCUT2D eigenvalue weighted by Crippen LogP contribution is 2.22. The van der Waals surface area contributed by atoms with Crippen LogP contribution < -0.4 is 15.4 Å². The number of rotatable bonds is 9. The maximum absolute atomic E-state index is 6.28. The normalized spacial score (nSPS) is 12.5. The molecule has 0 aliphatic heterocycles. The number of halogens is 1. The van der Waals surface area contributed by atoms with Crippen molar-refractivity contribution in [2.75, 3.05) is 27.4 Å². The minimum Gasteiger partial charge on any atom is -0.493 e. The predicted molar refractivity (Wildman–Crippen MR) is 112 cm³/mol. The fraction of sp³-hybridized carbons (Fsp3) is 0.381. The molecule has 0 fully saturated rings. The van der Waals surface area contributed by atoms with Gasteiger partial charge in [0.05, 0.1) is 12.6 Å². The molecule has 146 valence electrons. The van der Waals surface area contributed by atoms with Crippen LogP contribution in [0.4, 0.5) is 0 Å². The number of methoxy groups -OCH3 is 1. The zero-order chi connectivity index (χ0) is 19.5. The Bertz CT molecular complexity index is 737. The van der Waals surface area contributed by atoms with Crippen molar-refractivity contribution in [2.45, 2.75) is 25.9 Å². The molecule has 0 bridgehead atoms. The van der Waals surface area contributed by atoms with Crippen LogP contribution in [0.3, 0.4) is 0 Å². The monoisotopic (exact) mass is 389 g/mol. The quantitative estimate of drug-likeness (QED) is 0.383. The standard InChI is InChI=1S/C21H28ClN3O2/c1-16(19-10-4-5-11-20(19)22)25-21(23-2)24-15-17-8-6-9-18(14-17)27-13-7-12-26-3/h4-6,8-11,14,16H,7,12-13,15H2,1-3H3,(H2,23,24,25). The van der Waals surface area contributed by atoms with Crippen molar-refractivity contribution in [3.05, 3.63) is 64.7 Å². The Morgan fingerprint density at radius 1 is 1.15 bits per heavy atom. The summed E-state index contributed by atoms with van der Waals surface area (Å²) in [6.07, 6.45) is 0.871. The van der Waals surface area contributed by atoms with Gasteiger partial charge in [0.15, 0.2) is 5.96 Å². The first kappa shape index (κ1) is 21.1. The van der Waals surface area contributed by atoms with Crippen LogP contribution in [0.5, 0.6) is 5.75 Å². The molecule has 0 aliphatic rings. The molecule has 0 aromatic heterocycles. The van der Waals surface area contributed by atoms with Crippen LogP contribution in [-0.2, 0) is 11.3 Å². The summed E-state index contributed by atoms with van der Waals surface area (Å²) >= 11 is 6.28. The van der Waals surface area contributed by atoms with Gasteiger partial charge in [0.2, 0.25) is 0 Å². The van der Waals surface area contributed by atoms with Gasteiger partial charge >= 0.3 is 0 Å². The summed E-state index contributed by atoms with van der Waals surface area (Å²) in [6.45, 7) is 4.04. The number of benzene rings is 2. The van der Waals surface area contributed by atoms with Gasteiger partial charge in [0.1, 0.15) is 5.75 Å². The molecule has 0 heterocycles. The summed E-state index contributed by atoms with van der Waals surface area (Å²) in [7, 11) is 3.45. The van der Waals surface area contributed by atoms with E-state index in [9.17, 15) is 0 Å². The first-order valence-corrected chi connectivity index (χ1v) is 9.44. The molecule has 2 N–H and O–H groups in total. The van der Waals surface area contributed by atoms with E-state index < -0.39 is 0 Å². The van der Waals surface area contributed by atoms with Crippen molar-refractivity contribution in [1.29, 1.82) is 0 Å². The summed E-state index contributed by atoms with van der Waals surface area (Å²) in [5, 5.41) is 7.44. The first-order valence-electron chi connectivity index (χ1n) is 9.06. The molecule has 0 spiro atoms. The van der Waals surface area contributed by atoms with Gasteiger partial charge in [-0.25, -0.2) is 0 Å². The van der Waals surface area contributed by atoms with Crippen LogP contribution in [0.1, 0.15) is 30.5 Å². The van der Waals surface area contributed by atoms with Gasteiger partial charge in [0, 0.05) is 38.8 Å². The van der Waals surface area contributed by atoms with Crippen molar-refractivity contribution in [2.24, 2.45) is 4.99 Å². The summed E-state index contributed by atoms with van der Waals surface area (Å²) in [5.41, 5.74) is 2.15. The summed E-state index contributed by atoms with van der Waals surface area (Å²) < 4.78 is 10.8. The second-order valence-corrected chi connectivity index (χ2v) is 6.56. The SMILES string of the molecule is CN=C(NCc1cccc(OCCCOC)c1)NC(C)c1ccccc1Cl. The van der Waals surface area contributed by atoms with Gasteiger partial charge in [-0.3, -0.25) is 4.99 Å². The number of hydrogen-bond donors (Lipinski definition) is 2. The Hall–Kier alpha value is -2.24. The zero-order valence-electron chi connectivity index (χ0n) is 16.2. The third kappa shape index (κ3) is 7.12. The third-order valence-corrected chi connectivity index (χ3v) is 4.41. The van der Waals surface area contributed by atoms with Crippen molar-refractivity contribution >= 4 is 17.6 Å². The van der Waals surface area contributed by atoms with Gasteiger partial charge in [-0.1, -0.05) is 41.9 Å². The average molecular weight is 390 g/mol. The zero-order valence-corrected chi connectivity index (χ0v) is 16.9. The second-order valence-electron chi connectivity index (χ2n) is 6.16. The number of hydrogen-bond acceptors (Lipinski definition) is 3. The Morgan fingerprint density at radius 2 is 1.96 bits per heavy atom. The second kappa shape index (κ2) is 11.5. The molecule has 0 saturated carbocycles. The fourth-order valence-corrected chi connectivity index (χ4v) is 2.93. The third-order valence-electron chi connectivity index (χ3n) is 4.07. The molecule has 1 atom stereocenters. The van der Waals surface area contributed by atoms with Gasteiger partial charge < -0.3 is 20.1 Å². The summed E-state index contributed by atoms with van der Waals surface area (Å²) in [4.78, 5) is 4.30. The lowest BCUT2D eigenvalue weighted by atomic mass is 10.1. The fourth-order valence-electron chi connectivity index (χ4n) is 2.63. The average Bonchev–Trinajstić information content (AvgIpc) is 2.69. The van der Waals surface area contributed by atoms with Crippen molar-refractivity contribution in [1.82, 2.24) is 10.6 Å². The van der Waals surface area contributed by atoms with E-state index in [4.69, 9.17) is 21.1 Å². The lowest BCUT2D eigenvalue weighted by Gasteiger charge is -2.19. The number of nitrogens with one attached hydrogen (secondary N) is 2. The van der Waals surface area contributed by atoms with Crippen molar-refractivity contribution in [3.63, 3.8) is 0 Å². The molecule has 0 aliphatic carbocycles. The molecule has 2 aromatic carbocycles. The van der Waals surface area contributed by atoms with Crippen LogP contribution in [0, 0.1) is 0 Å². The highest BCUT2D eigenvalue weighted by atomic mass is 35.5. The van der Waals surface area contributed by atoms with Gasteiger partial charge in [0.25, 0.3) is 0 Å². The molecule has 5 nitrogen and oxygen atoms in total. The van der Waals surface area contributed by atoms with E-state index in [0.717, 1.165) is 28.3 Å². The molecule has 27 heavy (non-hydrogen) atoms. The molecule has 0 radical (unpaired) electrons. The topological polar surface area (TPSA) is 54.9 Å². The Morgan fingerprint density at radius 3 is 2.70 bits per heavy atom. The van der Waals surface area contributed by atoms with E-state index in [0.29, 0.717) is 25.7 Å². The molecule has 0 amide bonds. The molecule has 0 saturated heterocycles. The van der Waals surface area contributed by atoms with Gasteiger partial charge in [-0.05, 0) is 36.2 Å². The summed E-state index contributed by atoms with van der Waals surface area (Å²) in [5.74, 6) is 1.58. The minimum absolute atomic E-state index is 0.0420. The molecule has 2 rings (SSSR count). The largest absolute Gasteiger partial charge is 0.493 e. The maximum Gasteiger partial charge on any atom is 0.191 e. The van der Waals surface area contributed by atoms with Crippen LogP contribution in [-0.4, -0.2) is 33.3 Å². The van der Waals surface area contributed by atoms with Crippen LogP contribution in [0.2, 0.25) is 5.02 Å². The maximum atomic E-state index is 6.28. The molecular formula is C21H28ClN3O2. The van der Waals surface area contributed by atoms with Crippen LogP contribution >= 0.6 is 11.6 Å². The highest BCUT2D eigenvalue weighted by molar-refractivity contribution is 6.31. The number of nitrogens with zero attached hydrogens (tertiary/aromatic N) is 1. The number of ether oxygens (including phenoxy) is 2. The Kier molecular flexibility index (Phi) is 8.95. The van der Waals surface area contributed by atoms with E-state index in [-0.39, 0.29) is 6.04 Å². The molecule has 6 heteroatoms. The van der Waals surface area contributed by atoms with Crippen LogP contribution in [0.15, 0.2) is 53.5 Å². The smallest absolute Gasteiger partial charge is 0.191 e. The van der Waals surface area contributed by atoms with Gasteiger partial charge in [-0.2, -0.15) is 0 Å². The predicted octanol–water partition coefficient (Wildman–Crippen LogP) is 4.18. The summed E-state index contributed by atoms with van der Waals surface area (Å²) in [6, 6.07) is 15.9. The molecular weight excluding hydrogens is 362 g/mol. The minimum atomic E-state index is 0.0420. The lowest BCUT2D eigenvalue weighted by Crippen LogP contribution is -2.38. The van der Waals surface area contributed by atoms with E-state index in [1.165, 1.54) is 0 Å². The molecule has 2 aromatic rings.